The second kappa shape index (κ2) is 9.58. The number of hydrogen-bond donors (Lipinski definition) is 1. The van der Waals surface area contributed by atoms with E-state index in [1.165, 1.54) is 12.1 Å². The zero-order valence-electron chi connectivity index (χ0n) is 20.0. The smallest absolute Gasteiger partial charge is 0.274 e. The maximum atomic E-state index is 13.8. The number of halogens is 1. The van der Waals surface area contributed by atoms with E-state index in [0.29, 0.717) is 28.1 Å². The molecule has 0 aliphatic carbocycles. The summed E-state index contributed by atoms with van der Waals surface area (Å²) in [5.74, 6) is 0.0248. The number of aryl methyl sites for hydroxylation is 1. The first-order valence-corrected chi connectivity index (χ1v) is 13.2. The van der Waals surface area contributed by atoms with Gasteiger partial charge in [0, 0.05) is 28.9 Å². The van der Waals surface area contributed by atoms with Crippen molar-refractivity contribution >= 4 is 26.6 Å². The maximum absolute atomic E-state index is 13.8. The normalized spacial score (nSPS) is 11.6. The Morgan fingerprint density at radius 1 is 1.05 bits per heavy atom. The van der Waals surface area contributed by atoms with Gasteiger partial charge < -0.3 is 14.4 Å². The van der Waals surface area contributed by atoms with Crippen molar-refractivity contribution in [1.29, 1.82) is 0 Å². The van der Waals surface area contributed by atoms with E-state index in [1.54, 1.807) is 60.2 Å². The maximum Gasteiger partial charge on any atom is 0.274 e. The van der Waals surface area contributed by atoms with Crippen molar-refractivity contribution in [2.24, 2.45) is 0 Å². The lowest BCUT2D eigenvalue weighted by Gasteiger charge is -2.10. The topological polar surface area (TPSA) is 120 Å². The predicted octanol–water partition coefficient (Wildman–Crippen LogP) is 3.92. The Hall–Kier alpha value is -4.38. The number of sulfone groups is 1. The molecule has 2 aromatic carbocycles. The summed E-state index contributed by atoms with van der Waals surface area (Å²) in [5, 5.41) is 7.27. The van der Waals surface area contributed by atoms with Crippen LogP contribution in [0.25, 0.3) is 33.6 Å². The third-order valence-electron chi connectivity index (χ3n) is 5.82. The first-order chi connectivity index (χ1) is 17.7. The SMILES string of the molecule is Cc1noc(-c2cc3cc(F)ccc3n2CC(=O)NCc2ccc(-c3ccc(S(C)(=O)=O)cc3)cn2)n1. The molecule has 0 fully saturated rings. The summed E-state index contributed by atoms with van der Waals surface area (Å²) in [6.45, 7) is 1.85. The van der Waals surface area contributed by atoms with Crippen LogP contribution in [-0.2, 0) is 27.7 Å². The fraction of sp³-hybridized carbons (Fsp3) is 0.154. The number of fused-ring (bicyclic) bond motifs is 1. The lowest BCUT2D eigenvalue weighted by Crippen LogP contribution is -2.27. The highest BCUT2D eigenvalue weighted by Crippen LogP contribution is 2.28. The summed E-state index contributed by atoms with van der Waals surface area (Å²) in [7, 11) is -3.26. The molecular weight excluding hydrogens is 497 g/mol. The second-order valence-electron chi connectivity index (χ2n) is 8.58. The van der Waals surface area contributed by atoms with E-state index in [1.807, 2.05) is 6.07 Å². The molecule has 1 amide bonds. The molecule has 5 aromatic rings. The lowest BCUT2D eigenvalue weighted by atomic mass is 10.1. The van der Waals surface area contributed by atoms with Gasteiger partial charge in [-0.3, -0.25) is 9.78 Å². The van der Waals surface area contributed by atoms with Crippen LogP contribution in [0, 0.1) is 12.7 Å². The molecule has 3 aromatic heterocycles. The zero-order valence-corrected chi connectivity index (χ0v) is 20.8. The number of rotatable bonds is 7. The summed E-state index contributed by atoms with van der Waals surface area (Å²) in [4.78, 5) is 21.7. The number of aromatic nitrogens is 4. The van der Waals surface area contributed by atoms with E-state index in [4.69, 9.17) is 4.52 Å². The minimum absolute atomic E-state index is 0.0450. The van der Waals surface area contributed by atoms with Gasteiger partial charge in [0.2, 0.25) is 5.91 Å². The van der Waals surface area contributed by atoms with E-state index < -0.39 is 9.84 Å². The molecule has 0 unspecified atom stereocenters. The highest BCUT2D eigenvalue weighted by molar-refractivity contribution is 7.90. The molecule has 1 N–H and O–H groups in total. The van der Waals surface area contributed by atoms with E-state index in [0.717, 1.165) is 17.4 Å². The van der Waals surface area contributed by atoms with Crippen molar-refractivity contribution in [1.82, 2.24) is 25.0 Å². The van der Waals surface area contributed by atoms with Crippen molar-refractivity contribution in [3.63, 3.8) is 0 Å². The summed E-state index contributed by atoms with van der Waals surface area (Å²) < 4.78 is 44.1. The Labute approximate surface area is 211 Å². The molecule has 0 saturated heterocycles. The Bertz CT molecular complexity index is 1710. The monoisotopic (exact) mass is 519 g/mol. The molecule has 188 valence electrons. The Balaban J connectivity index is 1.29. The molecule has 11 heteroatoms. The van der Waals surface area contributed by atoms with Gasteiger partial charge >= 0.3 is 0 Å². The Morgan fingerprint density at radius 3 is 2.46 bits per heavy atom. The molecule has 0 saturated carbocycles. The highest BCUT2D eigenvalue weighted by atomic mass is 32.2. The van der Waals surface area contributed by atoms with Crippen LogP contribution in [-0.4, -0.2) is 40.3 Å². The van der Waals surface area contributed by atoms with E-state index in [9.17, 15) is 17.6 Å². The number of pyridine rings is 1. The Kier molecular flexibility index (Phi) is 6.30. The molecule has 0 bridgehead atoms. The number of hydrogen-bond acceptors (Lipinski definition) is 7. The highest BCUT2D eigenvalue weighted by Gasteiger charge is 2.18. The van der Waals surface area contributed by atoms with Crippen LogP contribution in [0.4, 0.5) is 4.39 Å². The minimum atomic E-state index is -3.26. The summed E-state index contributed by atoms with van der Waals surface area (Å²) in [6, 6.07) is 16.2. The first-order valence-electron chi connectivity index (χ1n) is 11.3. The van der Waals surface area contributed by atoms with Crippen molar-refractivity contribution in [2.45, 2.75) is 24.9 Å². The third-order valence-corrected chi connectivity index (χ3v) is 6.95. The van der Waals surface area contributed by atoms with Crippen molar-refractivity contribution in [3.8, 4) is 22.7 Å². The quantitative estimate of drug-likeness (QED) is 0.346. The van der Waals surface area contributed by atoms with Crippen molar-refractivity contribution < 1.29 is 22.1 Å². The number of benzene rings is 2. The molecule has 9 nitrogen and oxygen atoms in total. The lowest BCUT2D eigenvalue weighted by molar-refractivity contribution is -0.121. The summed E-state index contributed by atoms with van der Waals surface area (Å²) >= 11 is 0. The molecule has 37 heavy (non-hydrogen) atoms. The number of carbonyl (C=O) groups is 1. The fourth-order valence-electron chi connectivity index (χ4n) is 3.97. The summed E-state index contributed by atoms with van der Waals surface area (Å²) in [6.07, 6.45) is 2.83. The van der Waals surface area contributed by atoms with Gasteiger partial charge in [0.15, 0.2) is 15.7 Å². The fourth-order valence-corrected chi connectivity index (χ4v) is 4.60. The third kappa shape index (κ3) is 5.26. The van der Waals surface area contributed by atoms with Gasteiger partial charge in [0.05, 0.1) is 17.1 Å². The molecular formula is C26H22FN5O4S. The molecule has 0 aliphatic heterocycles. The van der Waals surface area contributed by atoms with Gasteiger partial charge in [0.1, 0.15) is 18.1 Å². The molecule has 5 rings (SSSR count). The van der Waals surface area contributed by atoms with Crippen molar-refractivity contribution in [3.05, 3.63) is 84.2 Å². The average molecular weight is 520 g/mol. The second-order valence-corrected chi connectivity index (χ2v) is 10.6. The largest absolute Gasteiger partial charge is 0.349 e. The van der Waals surface area contributed by atoms with Crippen LogP contribution >= 0.6 is 0 Å². The van der Waals surface area contributed by atoms with Gasteiger partial charge in [-0.15, -0.1) is 0 Å². The minimum Gasteiger partial charge on any atom is -0.349 e. The molecule has 3 heterocycles. The first kappa shape index (κ1) is 24.3. The van der Waals surface area contributed by atoms with Gasteiger partial charge in [-0.25, -0.2) is 12.8 Å². The van der Waals surface area contributed by atoms with Crippen LogP contribution in [0.15, 0.2) is 76.3 Å². The molecule has 0 radical (unpaired) electrons. The van der Waals surface area contributed by atoms with Crippen LogP contribution in [0.2, 0.25) is 0 Å². The van der Waals surface area contributed by atoms with E-state index in [2.05, 4.69) is 20.4 Å². The van der Waals surface area contributed by atoms with Crippen LogP contribution in [0.1, 0.15) is 11.5 Å². The molecule has 0 spiro atoms. The molecule has 0 aliphatic rings. The number of nitrogens with zero attached hydrogens (tertiary/aromatic N) is 4. The van der Waals surface area contributed by atoms with Gasteiger partial charge in [-0.05, 0) is 55.0 Å². The van der Waals surface area contributed by atoms with Gasteiger partial charge in [0.25, 0.3) is 5.89 Å². The van der Waals surface area contributed by atoms with Crippen molar-refractivity contribution in [2.75, 3.05) is 6.26 Å². The number of nitrogens with one attached hydrogen (secondary N) is 1. The Morgan fingerprint density at radius 2 is 1.81 bits per heavy atom. The number of amides is 1. The van der Waals surface area contributed by atoms with Gasteiger partial charge in [-0.1, -0.05) is 23.4 Å². The number of carbonyl (C=O) groups excluding carboxylic acids is 1. The molecule has 0 atom stereocenters. The predicted molar refractivity (Wildman–Crippen MR) is 135 cm³/mol. The van der Waals surface area contributed by atoms with Crippen LogP contribution < -0.4 is 5.32 Å². The summed E-state index contributed by atoms with van der Waals surface area (Å²) in [5.41, 5.74) is 3.47. The van der Waals surface area contributed by atoms with Crippen LogP contribution in [0.5, 0.6) is 0 Å². The van der Waals surface area contributed by atoms with E-state index in [-0.39, 0.29) is 35.6 Å². The zero-order chi connectivity index (χ0) is 26.2. The van der Waals surface area contributed by atoms with Gasteiger partial charge in [-0.2, -0.15) is 4.98 Å². The average Bonchev–Trinajstić information content (AvgIpc) is 3.45. The van der Waals surface area contributed by atoms with Crippen LogP contribution in [0.3, 0.4) is 0 Å². The standard InChI is InChI=1S/C26H22FN5O4S/c1-16-30-26(36-31-16)24-12-19-11-20(27)6-10-23(19)32(24)15-25(33)29-14-21-7-3-18(13-28-21)17-4-8-22(9-5-17)37(2,34)35/h3-13H,14-15H2,1-2H3,(H,29,33). The van der Waals surface area contributed by atoms with E-state index >= 15 is 0 Å².